The van der Waals surface area contributed by atoms with Crippen molar-refractivity contribution >= 4 is 22.7 Å². The number of hydrogen-bond acceptors (Lipinski definition) is 5. The zero-order chi connectivity index (χ0) is 28.4. The van der Waals surface area contributed by atoms with E-state index in [-0.39, 0.29) is 5.91 Å². The maximum Gasteiger partial charge on any atom is 0.321 e. The van der Waals surface area contributed by atoms with Crippen molar-refractivity contribution in [3.63, 3.8) is 0 Å². The van der Waals surface area contributed by atoms with E-state index in [4.69, 9.17) is 4.74 Å². The van der Waals surface area contributed by atoms with Crippen molar-refractivity contribution in [3.8, 4) is 11.4 Å². The van der Waals surface area contributed by atoms with E-state index in [0.717, 1.165) is 16.5 Å². The van der Waals surface area contributed by atoms with Crippen LogP contribution in [0.15, 0.2) is 79.0 Å². The van der Waals surface area contributed by atoms with E-state index in [9.17, 15) is 23.5 Å². The van der Waals surface area contributed by atoms with Crippen molar-refractivity contribution in [1.82, 2.24) is 20.0 Å². The molecule has 0 aliphatic carbocycles. The summed E-state index contributed by atoms with van der Waals surface area (Å²) in [6, 6.07) is 20.8. The number of aliphatic hydroxyl groups excluding tert-OH is 1. The van der Waals surface area contributed by atoms with Gasteiger partial charge in [0.25, 0.3) is 11.8 Å². The van der Waals surface area contributed by atoms with E-state index in [1.807, 2.05) is 42.5 Å². The van der Waals surface area contributed by atoms with E-state index >= 15 is 0 Å². The normalized spacial score (nSPS) is 17.0. The van der Waals surface area contributed by atoms with Gasteiger partial charge in [-0.25, -0.2) is 4.68 Å². The van der Waals surface area contributed by atoms with E-state index in [0.29, 0.717) is 43.4 Å². The van der Waals surface area contributed by atoms with Crippen molar-refractivity contribution in [1.29, 1.82) is 0 Å². The number of nitrogens with one attached hydrogen (secondary N) is 1. The molecule has 0 spiro atoms. The van der Waals surface area contributed by atoms with Crippen LogP contribution in [-0.2, 0) is 4.79 Å². The van der Waals surface area contributed by atoms with Crippen LogP contribution >= 0.6 is 0 Å². The first kappa shape index (κ1) is 27.3. The van der Waals surface area contributed by atoms with Crippen LogP contribution in [0.4, 0.5) is 8.78 Å². The first-order valence-corrected chi connectivity index (χ1v) is 13.1. The summed E-state index contributed by atoms with van der Waals surface area (Å²) in [7, 11) is 0. The van der Waals surface area contributed by atoms with Crippen LogP contribution in [0.2, 0.25) is 0 Å². The van der Waals surface area contributed by atoms with Gasteiger partial charge in [-0.3, -0.25) is 9.59 Å². The third-order valence-corrected chi connectivity index (χ3v) is 6.93. The lowest BCUT2D eigenvalue weighted by atomic mass is 10.0. The predicted molar refractivity (Wildman–Crippen MR) is 146 cm³/mol. The molecule has 208 valence electrons. The average Bonchev–Trinajstić information content (AvgIpc) is 3.57. The van der Waals surface area contributed by atoms with Gasteiger partial charge in [-0.05, 0) is 55.3 Å². The smallest absolute Gasteiger partial charge is 0.321 e. The molecule has 1 aliphatic rings. The van der Waals surface area contributed by atoms with Gasteiger partial charge in [-0.2, -0.15) is 13.9 Å². The zero-order valence-electron chi connectivity index (χ0n) is 22.1. The minimum absolute atomic E-state index is 0.139. The molecule has 2 N–H and O–H groups in total. The molecule has 8 nitrogen and oxygen atoms in total. The fourth-order valence-electron chi connectivity index (χ4n) is 4.83. The quantitative estimate of drug-likeness (QED) is 0.338. The number of amides is 2. The van der Waals surface area contributed by atoms with Crippen LogP contribution in [0.5, 0.6) is 5.75 Å². The molecule has 40 heavy (non-hydrogen) atoms. The average molecular weight is 549 g/mol. The van der Waals surface area contributed by atoms with Gasteiger partial charge in [0.1, 0.15) is 11.9 Å². The number of hydrogen-bond donors (Lipinski definition) is 2. The van der Waals surface area contributed by atoms with Gasteiger partial charge < -0.3 is 20.1 Å². The van der Waals surface area contributed by atoms with Crippen LogP contribution < -0.4 is 10.1 Å². The van der Waals surface area contributed by atoms with Crippen molar-refractivity contribution in [3.05, 3.63) is 90.1 Å². The molecule has 0 unspecified atom stereocenters. The molecule has 1 fully saturated rings. The summed E-state index contributed by atoms with van der Waals surface area (Å²) >= 11 is 0. The maximum absolute atomic E-state index is 13.6. The molecule has 2 heterocycles. The third kappa shape index (κ3) is 5.81. The standard InChI is InChI=1S/C30H30F2N4O4/c1-19(34-29(39)30(2,31)32)27(20-7-4-3-5-8-20)40-25-11-12-26-22(16-25)17-33-36(26)23-10-6-9-21(15-23)28(38)35-14-13-24(37)18-35/h3-12,15-17,19,24,27,37H,13-14,18H2,1-2H3,(H,34,39)/t19-,24+,27+/m0/s1. The number of β-amino-alcohol motifs (C(OH)–C–C–N with tert-alkyl or cyclic N) is 1. The number of aliphatic hydroxyl groups is 1. The molecule has 3 atom stereocenters. The molecule has 2 amide bonds. The zero-order valence-corrected chi connectivity index (χ0v) is 22.1. The number of benzene rings is 3. The Bertz CT molecular complexity index is 1520. The van der Waals surface area contributed by atoms with Gasteiger partial charge in [-0.15, -0.1) is 0 Å². The predicted octanol–water partition coefficient (Wildman–Crippen LogP) is 4.51. The second-order valence-electron chi connectivity index (χ2n) is 10.1. The SMILES string of the molecule is C[C@H](NC(=O)C(C)(F)F)[C@@H](Oc1ccc2c(cnn2-c2cccc(C(=O)N3CC[C@@H](O)C3)c2)c1)c1ccccc1. The maximum atomic E-state index is 13.6. The van der Waals surface area contributed by atoms with E-state index < -0.39 is 30.1 Å². The highest BCUT2D eigenvalue weighted by Gasteiger charge is 2.35. The fourth-order valence-corrected chi connectivity index (χ4v) is 4.83. The number of halogens is 2. The minimum Gasteiger partial charge on any atom is -0.484 e. The highest BCUT2D eigenvalue weighted by molar-refractivity contribution is 5.95. The number of nitrogens with zero attached hydrogens (tertiary/aromatic N) is 3. The van der Waals surface area contributed by atoms with Crippen LogP contribution in [0.3, 0.4) is 0 Å². The van der Waals surface area contributed by atoms with Crippen LogP contribution in [0, 0.1) is 0 Å². The Labute approximate surface area is 230 Å². The highest BCUT2D eigenvalue weighted by Crippen LogP contribution is 2.29. The number of rotatable bonds is 8. The van der Waals surface area contributed by atoms with E-state index in [1.165, 1.54) is 0 Å². The number of fused-ring (bicyclic) bond motifs is 1. The molecule has 3 aromatic carbocycles. The van der Waals surface area contributed by atoms with Gasteiger partial charge in [0.15, 0.2) is 0 Å². The lowest BCUT2D eigenvalue weighted by Crippen LogP contribution is -2.46. The number of carbonyl (C=O) groups is 2. The van der Waals surface area contributed by atoms with Gasteiger partial charge in [0.2, 0.25) is 0 Å². The summed E-state index contributed by atoms with van der Waals surface area (Å²) in [5.74, 6) is -4.55. The number of aromatic nitrogens is 2. The monoisotopic (exact) mass is 548 g/mol. The Morgan fingerprint density at radius 3 is 2.58 bits per heavy atom. The van der Waals surface area contributed by atoms with E-state index in [1.54, 1.807) is 53.0 Å². The number of carbonyl (C=O) groups excluding carboxylic acids is 2. The minimum atomic E-state index is -3.51. The largest absolute Gasteiger partial charge is 0.484 e. The van der Waals surface area contributed by atoms with E-state index in [2.05, 4.69) is 10.4 Å². The molecule has 0 saturated carbocycles. The first-order valence-electron chi connectivity index (χ1n) is 13.1. The molecule has 5 rings (SSSR count). The molecule has 0 bridgehead atoms. The van der Waals surface area contributed by atoms with Gasteiger partial charge in [0, 0.05) is 31.0 Å². The van der Waals surface area contributed by atoms with Crippen LogP contribution in [0.1, 0.15) is 42.3 Å². The lowest BCUT2D eigenvalue weighted by molar-refractivity contribution is -0.144. The van der Waals surface area contributed by atoms with Crippen molar-refractivity contribution < 1.29 is 28.2 Å². The Balaban J connectivity index is 1.39. The van der Waals surface area contributed by atoms with Crippen LogP contribution in [0.25, 0.3) is 16.6 Å². The van der Waals surface area contributed by atoms with Crippen molar-refractivity contribution in [2.24, 2.45) is 0 Å². The number of likely N-dealkylation sites (tertiary alicyclic amines) is 1. The number of alkyl halides is 2. The van der Waals surface area contributed by atoms with Gasteiger partial charge in [0.05, 0.1) is 29.5 Å². The Morgan fingerprint density at radius 1 is 1.10 bits per heavy atom. The second-order valence-corrected chi connectivity index (χ2v) is 10.1. The molecular weight excluding hydrogens is 518 g/mol. The van der Waals surface area contributed by atoms with Crippen LogP contribution in [-0.4, -0.2) is 62.8 Å². The van der Waals surface area contributed by atoms with Crippen molar-refractivity contribution in [2.75, 3.05) is 13.1 Å². The topological polar surface area (TPSA) is 96.7 Å². The van der Waals surface area contributed by atoms with Gasteiger partial charge in [-0.1, -0.05) is 36.4 Å². The second kappa shape index (κ2) is 11.1. The summed E-state index contributed by atoms with van der Waals surface area (Å²) in [6.45, 7) is 3.02. The highest BCUT2D eigenvalue weighted by atomic mass is 19.3. The van der Waals surface area contributed by atoms with Crippen molar-refractivity contribution in [2.45, 2.75) is 44.4 Å². The summed E-state index contributed by atoms with van der Waals surface area (Å²) < 4.78 is 35.1. The summed E-state index contributed by atoms with van der Waals surface area (Å²) in [5.41, 5.74) is 2.71. The summed E-state index contributed by atoms with van der Waals surface area (Å²) in [4.78, 5) is 26.5. The molecular formula is C30H30F2N4O4. The Hall–Kier alpha value is -4.31. The molecule has 1 aromatic heterocycles. The molecule has 1 saturated heterocycles. The third-order valence-electron chi connectivity index (χ3n) is 6.93. The first-order chi connectivity index (χ1) is 19.1. The number of ether oxygens (including phenoxy) is 1. The van der Waals surface area contributed by atoms with Gasteiger partial charge >= 0.3 is 5.92 Å². The molecule has 1 aliphatic heterocycles. The summed E-state index contributed by atoms with van der Waals surface area (Å²) in [6.07, 6.45) is 1.02. The molecule has 4 aromatic rings. The summed E-state index contributed by atoms with van der Waals surface area (Å²) in [5, 5.41) is 17.4. The lowest BCUT2D eigenvalue weighted by Gasteiger charge is -2.27. The fraction of sp³-hybridized carbons (Fsp3) is 0.300. The molecule has 10 heteroatoms. The Kier molecular flexibility index (Phi) is 7.53. The Morgan fingerprint density at radius 2 is 1.88 bits per heavy atom. The molecule has 0 radical (unpaired) electrons.